The first-order valence-corrected chi connectivity index (χ1v) is 7.04. The van der Waals surface area contributed by atoms with Crippen LogP contribution in [0.2, 0.25) is 0 Å². The Labute approximate surface area is 105 Å². The molecule has 0 amide bonds. The lowest BCUT2D eigenvalue weighted by molar-refractivity contribution is -0.0591. The molecule has 0 aliphatic carbocycles. The van der Waals surface area contributed by atoms with Crippen LogP contribution in [-0.2, 0) is 4.74 Å². The van der Waals surface area contributed by atoms with Gasteiger partial charge < -0.3 is 15.4 Å². The second kappa shape index (κ2) is 6.14. The first-order valence-electron chi connectivity index (χ1n) is 7.04. The first-order chi connectivity index (χ1) is 8.20. The minimum Gasteiger partial charge on any atom is -0.374 e. The fourth-order valence-electron chi connectivity index (χ4n) is 2.95. The first kappa shape index (κ1) is 13.3. The Hall–Kier alpha value is -0.160. The molecular formula is C13H27N3O. The second-order valence-electron chi connectivity index (χ2n) is 5.43. The van der Waals surface area contributed by atoms with Gasteiger partial charge in [-0.05, 0) is 39.4 Å². The molecule has 4 heteroatoms. The van der Waals surface area contributed by atoms with Crippen LogP contribution in [0.15, 0.2) is 0 Å². The number of ether oxygens (including phenoxy) is 1. The van der Waals surface area contributed by atoms with Crippen molar-refractivity contribution in [2.24, 2.45) is 5.73 Å². The highest BCUT2D eigenvalue weighted by Crippen LogP contribution is 2.19. The average molecular weight is 241 g/mol. The monoisotopic (exact) mass is 241 g/mol. The van der Waals surface area contributed by atoms with Gasteiger partial charge in [0, 0.05) is 25.2 Å². The van der Waals surface area contributed by atoms with E-state index >= 15 is 0 Å². The molecule has 17 heavy (non-hydrogen) atoms. The van der Waals surface area contributed by atoms with Crippen LogP contribution in [0.3, 0.4) is 0 Å². The Bertz CT molecular complexity index is 227. The van der Waals surface area contributed by atoms with Gasteiger partial charge in [-0.1, -0.05) is 6.92 Å². The van der Waals surface area contributed by atoms with E-state index in [2.05, 4.69) is 16.7 Å². The van der Waals surface area contributed by atoms with Crippen LogP contribution < -0.4 is 5.73 Å². The molecule has 2 heterocycles. The van der Waals surface area contributed by atoms with E-state index in [1.807, 2.05) is 6.92 Å². The molecule has 2 aliphatic heterocycles. The molecule has 2 fully saturated rings. The number of rotatable bonds is 3. The largest absolute Gasteiger partial charge is 0.374 e. The van der Waals surface area contributed by atoms with Crippen LogP contribution in [-0.4, -0.2) is 67.3 Å². The van der Waals surface area contributed by atoms with E-state index in [-0.39, 0.29) is 12.1 Å². The minimum absolute atomic E-state index is 0.147. The van der Waals surface area contributed by atoms with Crippen molar-refractivity contribution in [1.82, 2.24) is 9.80 Å². The van der Waals surface area contributed by atoms with Gasteiger partial charge in [0.05, 0.1) is 12.7 Å². The van der Waals surface area contributed by atoms with Gasteiger partial charge in [0.25, 0.3) is 0 Å². The quantitative estimate of drug-likeness (QED) is 0.782. The van der Waals surface area contributed by atoms with Crippen molar-refractivity contribution in [3.8, 4) is 0 Å². The van der Waals surface area contributed by atoms with Crippen LogP contribution in [0.25, 0.3) is 0 Å². The van der Waals surface area contributed by atoms with Crippen LogP contribution in [0, 0.1) is 0 Å². The maximum atomic E-state index is 5.94. The Morgan fingerprint density at radius 1 is 1.29 bits per heavy atom. The molecular weight excluding hydrogens is 214 g/mol. The van der Waals surface area contributed by atoms with Gasteiger partial charge in [-0.3, -0.25) is 4.90 Å². The van der Waals surface area contributed by atoms with Gasteiger partial charge in [-0.15, -0.1) is 0 Å². The van der Waals surface area contributed by atoms with Gasteiger partial charge >= 0.3 is 0 Å². The fraction of sp³-hybridized carbons (Fsp3) is 1.00. The van der Waals surface area contributed by atoms with E-state index in [0.717, 1.165) is 25.7 Å². The van der Waals surface area contributed by atoms with Crippen LogP contribution in [0.1, 0.15) is 26.7 Å². The highest BCUT2D eigenvalue weighted by Gasteiger charge is 2.30. The summed E-state index contributed by atoms with van der Waals surface area (Å²) in [7, 11) is 0. The molecule has 2 rings (SSSR count). The Morgan fingerprint density at radius 3 is 2.59 bits per heavy atom. The van der Waals surface area contributed by atoms with E-state index in [1.165, 1.54) is 32.5 Å². The molecule has 2 saturated heterocycles. The van der Waals surface area contributed by atoms with E-state index in [9.17, 15) is 0 Å². The molecule has 2 N–H and O–H groups in total. The molecule has 2 atom stereocenters. The topological polar surface area (TPSA) is 41.7 Å². The highest BCUT2D eigenvalue weighted by atomic mass is 16.5. The van der Waals surface area contributed by atoms with Gasteiger partial charge in [0.1, 0.15) is 0 Å². The molecule has 0 aromatic rings. The summed E-state index contributed by atoms with van der Waals surface area (Å²) in [5, 5.41) is 0. The predicted molar refractivity (Wildman–Crippen MR) is 70.1 cm³/mol. The summed E-state index contributed by atoms with van der Waals surface area (Å²) < 4.78 is 5.73. The summed E-state index contributed by atoms with van der Waals surface area (Å²) in [6.45, 7) is 10.9. The molecule has 100 valence electrons. The summed E-state index contributed by atoms with van der Waals surface area (Å²) in [4.78, 5) is 5.14. The van der Waals surface area contributed by atoms with E-state index in [0.29, 0.717) is 0 Å². The summed E-state index contributed by atoms with van der Waals surface area (Å²) >= 11 is 0. The Balaban J connectivity index is 1.82. The number of hydrogen-bond donors (Lipinski definition) is 1. The maximum absolute atomic E-state index is 5.94. The van der Waals surface area contributed by atoms with Crippen LogP contribution in [0.4, 0.5) is 0 Å². The van der Waals surface area contributed by atoms with Crippen molar-refractivity contribution in [3.05, 3.63) is 0 Å². The van der Waals surface area contributed by atoms with Gasteiger partial charge in [0.2, 0.25) is 0 Å². The van der Waals surface area contributed by atoms with Crippen LogP contribution >= 0.6 is 0 Å². The molecule has 0 bridgehead atoms. The highest BCUT2D eigenvalue weighted by molar-refractivity contribution is 4.85. The zero-order valence-corrected chi connectivity index (χ0v) is 11.3. The number of nitrogens with two attached hydrogens (primary N) is 1. The van der Waals surface area contributed by atoms with Crippen molar-refractivity contribution < 1.29 is 4.74 Å². The predicted octanol–water partition coefficient (Wildman–Crippen LogP) is 0.519. The third-order valence-electron chi connectivity index (χ3n) is 4.23. The summed E-state index contributed by atoms with van der Waals surface area (Å²) in [5.74, 6) is 0. The fourth-order valence-corrected chi connectivity index (χ4v) is 2.95. The number of likely N-dealkylation sites (tertiary alicyclic amines) is 1. The lowest BCUT2D eigenvalue weighted by Gasteiger charge is -2.42. The summed E-state index contributed by atoms with van der Waals surface area (Å²) in [5.41, 5.74) is 5.94. The molecule has 0 aromatic heterocycles. The molecule has 0 saturated carbocycles. The lowest BCUT2D eigenvalue weighted by Crippen LogP contribution is -2.54. The molecule has 4 nitrogen and oxygen atoms in total. The zero-order valence-electron chi connectivity index (χ0n) is 11.3. The van der Waals surface area contributed by atoms with Crippen molar-refractivity contribution in [1.29, 1.82) is 0 Å². The standard InChI is InChI=1S/C13H27N3O/c1-3-15-6-4-12(5-7-15)16-8-9-17-13(10-16)11(2)14/h11-13H,3-10,14H2,1-2H3. The van der Waals surface area contributed by atoms with Crippen molar-refractivity contribution in [2.75, 3.05) is 39.3 Å². The van der Waals surface area contributed by atoms with Gasteiger partial charge in [-0.25, -0.2) is 0 Å². The Morgan fingerprint density at radius 2 is 2.00 bits per heavy atom. The van der Waals surface area contributed by atoms with Gasteiger partial charge in [-0.2, -0.15) is 0 Å². The van der Waals surface area contributed by atoms with Crippen LogP contribution in [0.5, 0.6) is 0 Å². The van der Waals surface area contributed by atoms with E-state index in [4.69, 9.17) is 10.5 Å². The van der Waals surface area contributed by atoms with Crippen molar-refractivity contribution in [2.45, 2.75) is 44.9 Å². The van der Waals surface area contributed by atoms with Crippen molar-refractivity contribution in [3.63, 3.8) is 0 Å². The average Bonchev–Trinajstić information content (AvgIpc) is 2.39. The Kier molecular flexibility index (Phi) is 4.79. The maximum Gasteiger partial charge on any atom is 0.0850 e. The smallest absolute Gasteiger partial charge is 0.0850 e. The molecule has 0 radical (unpaired) electrons. The molecule has 0 aromatic carbocycles. The van der Waals surface area contributed by atoms with Crippen molar-refractivity contribution >= 4 is 0 Å². The molecule has 2 unspecified atom stereocenters. The zero-order chi connectivity index (χ0) is 12.3. The number of nitrogens with zero attached hydrogens (tertiary/aromatic N) is 2. The number of morpholine rings is 1. The lowest BCUT2D eigenvalue weighted by atomic mass is 10.0. The molecule has 2 aliphatic rings. The number of hydrogen-bond acceptors (Lipinski definition) is 4. The van der Waals surface area contributed by atoms with Gasteiger partial charge in [0.15, 0.2) is 0 Å². The van der Waals surface area contributed by atoms with E-state index in [1.54, 1.807) is 0 Å². The third kappa shape index (κ3) is 3.41. The third-order valence-corrected chi connectivity index (χ3v) is 4.23. The number of piperidine rings is 1. The normalized spacial score (nSPS) is 31.6. The summed E-state index contributed by atoms with van der Waals surface area (Å²) in [6.07, 6.45) is 2.84. The second-order valence-corrected chi connectivity index (χ2v) is 5.43. The minimum atomic E-state index is 0.147. The summed E-state index contributed by atoms with van der Waals surface area (Å²) in [6, 6.07) is 0.900. The molecule has 0 spiro atoms. The SMILES string of the molecule is CCN1CCC(N2CCOC(C(C)N)C2)CC1. The van der Waals surface area contributed by atoms with E-state index < -0.39 is 0 Å².